The SMILES string of the molecule is CC.CCN1CC2CC1C=C2c1cccc(C)c1. The van der Waals surface area contributed by atoms with Crippen LogP contribution in [0.25, 0.3) is 5.57 Å². The normalized spacial score (nSPS) is 25.7. The van der Waals surface area contributed by atoms with Gasteiger partial charge in [-0.25, -0.2) is 0 Å². The van der Waals surface area contributed by atoms with Crippen LogP contribution >= 0.6 is 0 Å². The van der Waals surface area contributed by atoms with E-state index in [0.29, 0.717) is 6.04 Å². The average molecular weight is 243 g/mol. The molecule has 1 aliphatic heterocycles. The summed E-state index contributed by atoms with van der Waals surface area (Å²) < 4.78 is 0. The predicted octanol–water partition coefficient (Wildman–Crippen LogP) is 4.13. The Morgan fingerprint density at radius 3 is 2.61 bits per heavy atom. The van der Waals surface area contributed by atoms with Crippen LogP contribution in [0.5, 0.6) is 0 Å². The first-order valence-corrected chi connectivity index (χ1v) is 7.30. The van der Waals surface area contributed by atoms with Gasteiger partial charge in [-0.1, -0.05) is 56.7 Å². The van der Waals surface area contributed by atoms with E-state index in [1.165, 1.54) is 30.6 Å². The van der Waals surface area contributed by atoms with Gasteiger partial charge in [0, 0.05) is 12.6 Å². The summed E-state index contributed by atoms with van der Waals surface area (Å²) in [7, 11) is 0. The van der Waals surface area contributed by atoms with Gasteiger partial charge in [0.25, 0.3) is 0 Å². The van der Waals surface area contributed by atoms with Crippen LogP contribution in [0.2, 0.25) is 0 Å². The number of benzene rings is 1. The molecule has 1 aromatic carbocycles. The summed E-state index contributed by atoms with van der Waals surface area (Å²) in [4.78, 5) is 2.59. The van der Waals surface area contributed by atoms with Crippen LogP contribution in [0, 0.1) is 12.8 Å². The van der Waals surface area contributed by atoms with E-state index in [2.05, 4.69) is 49.1 Å². The molecule has 0 aromatic heterocycles. The molecule has 3 rings (SSSR count). The van der Waals surface area contributed by atoms with Gasteiger partial charge in [-0.05, 0) is 36.9 Å². The number of hydrogen-bond acceptors (Lipinski definition) is 1. The largest absolute Gasteiger partial charge is 0.297 e. The lowest BCUT2D eigenvalue weighted by Gasteiger charge is -2.24. The molecule has 18 heavy (non-hydrogen) atoms. The standard InChI is InChI=1S/C15H19N.C2H6/c1-3-16-10-13-8-14(16)9-15(13)12-6-4-5-11(2)7-12;1-2/h4-7,9,13-14H,3,8,10H2,1-2H3;1-2H3. The van der Waals surface area contributed by atoms with Gasteiger partial charge in [0.05, 0.1) is 0 Å². The van der Waals surface area contributed by atoms with Crippen LogP contribution in [0.3, 0.4) is 0 Å². The Morgan fingerprint density at radius 2 is 2.06 bits per heavy atom. The Kier molecular flexibility index (Phi) is 4.23. The lowest BCUT2D eigenvalue weighted by atomic mass is 9.94. The van der Waals surface area contributed by atoms with Crippen molar-refractivity contribution in [3.63, 3.8) is 0 Å². The summed E-state index contributed by atoms with van der Waals surface area (Å²) in [5, 5.41) is 0. The maximum atomic E-state index is 2.59. The molecule has 1 aliphatic carbocycles. The van der Waals surface area contributed by atoms with Gasteiger partial charge in [-0.2, -0.15) is 0 Å². The second kappa shape index (κ2) is 5.71. The van der Waals surface area contributed by atoms with E-state index in [1.54, 1.807) is 5.57 Å². The minimum Gasteiger partial charge on any atom is -0.297 e. The Labute approximate surface area is 112 Å². The second-order valence-corrected chi connectivity index (χ2v) is 5.08. The first-order valence-electron chi connectivity index (χ1n) is 7.30. The molecule has 2 aliphatic rings. The third-order valence-corrected chi connectivity index (χ3v) is 4.02. The lowest BCUT2D eigenvalue weighted by Crippen LogP contribution is -2.30. The van der Waals surface area contributed by atoms with Crippen molar-refractivity contribution in [2.45, 2.75) is 40.2 Å². The topological polar surface area (TPSA) is 3.24 Å². The molecule has 1 nitrogen and oxygen atoms in total. The van der Waals surface area contributed by atoms with Gasteiger partial charge < -0.3 is 0 Å². The van der Waals surface area contributed by atoms with Gasteiger partial charge in [-0.15, -0.1) is 0 Å². The Bertz CT molecular complexity index is 433. The predicted molar refractivity (Wildman–Crippen MR) is 79.6 cm³/mol. The fraction of sp³-hybridized carbons (Fsp3) is 0.529. The minimum absolute atomic E-state index is 0.713. The molecular formula is C17H25N. The second-order valence-electron chi connectivity index (χ2n) is 5.08. The minimum atomic E-state index is 0.713. The maximum Gasteiger partial charge on any atom is 0.0290 e. The van der Waals surface area contributed by atoms with Crippen LogP contribution in [0.4, 0.5) is 0 Å². The zero-order valence-electron chi connectivity index (χ0n) is 12.1. The molecule has 2 unspecified atom stereocenters. The molecule has 0 saturated carbocycles. The van der Waals surface area contributed by atoms with Crippen LogP contribution in [-0.4, -0.2) is 24.0 Å². The summed E-state index contributed by atoms with van der Waals surface area (Å²) in [6.45, 7) is 10.9. The number of fused-ring (bicyclic) bond motifs is 2. The maximum absolute atomic E-state index is 2.59. The highest BCUT2D eigenvalue weighted by Gasteiger charge is 2.37. The van der Waals surface area contributed by atoms with Gasteiger partial charge >= 0.3 is 0 Å². The van der Waals surface area contributed by atoms with E-state index in [4.69, 9.17) is 0 Å². The Morgan fingerprint density at radius 1 is 1.28 bits per heavy atom. The van der Waals surface area contributed by atoms with Crippen LogP contribution in [0.1, 0.15) is 38.3 Å². The van der Waals surface area contributed by atoms with Crippen molar-refractivity contribution in [1.82, 2.24) is 4.90 Å². The molecule has 1 heteroatoms. The van der Waals surface area contributed by atoms with Crippen LogP contribution in [0.15, 0.2) is 30.3 Å². The average Bonchev–Trinajstić information content (AvgIpc) is 3.00. The molecule has 0 spiro atoms. The number of nitrogens with zero attached hydrogens (tertiary/aromatic N) is 1. The third-order valence-electron chi connectivity index (χ3n) is 4.02. The zero-order valence-corrected chi connectivity index (χ0v) is 12.1. The highest BCUT2D eigenvalue weighted by Crippen LogP contribution is 2.42. The van der Waals surface area contributed by atoms with Crippen molar-refractivity contribution < 1.29 is 0 Å². The molecule has 0 radical (unpaired) electrons. The Hall–Kier alpha value is -1.08. The molecule has 1 aromatic rings. The first kappa shape index (κ1) is 13.4. The number of rotatable bonds is 2. The molecule has 98 valence electrons. The fourth-order valence-electron chi connectivity index (χ4n) is 3.20. The van der Waals surface area contributed by atoms with Crippen molar-refractivity contribution in [1.29, 1.82) is 0 Å². The lowest BCUT2D eigenvalue weighted by molar-refractivity contribution is 0.297. The quantitative estimate of drug-likeness (QED) is 0.755. The van der Waals surface area contributed by atoms with Crippen molar-refractivity contribution in [3.8, 4) is 0 Å². The van der Waals surface area contributed by atoms with E-state index < -0.39 is 0 Å². The van der Waals surface area contributed by atoms with Crippen molar-refractivity contribution in [2.75, 3.05) is 13.1 Å². The summed E-state index contributed by atoms with van der Waals surface area (Å²) in [5.74, 6) is 0.784. The van der Waals surface area contributed by atoms with Crippen LogP contribution < -0.4 is 0 Å². The summed E-state index contributed by atoms with van der Waals surface area (Å²) >= 11 is 0. The molecule has 0 N–H and O–H groups in total. The fourth-order valence-corrected chi connectivity index (χ4v) is 3.20. The molecule has 1 heterocycles. The highest BCUT2D eigenvalue weighted by atomic mass is 15.2. The van der Waals surface area contributed by atoms with Crippen molar-refractivity contribution in [2.24, 2.45) is 5.92 Å². The molecular weight excluding hydrogens is 218 g/mol. The number of likely N-dealkylation sites (tertiary alicyclic amines) is 1. The summed E-state index contributed by atoms with van der Waals surface area (Å²) in [5.41, 5.74) is 4.41. The zero-order chi connectivity index (χ0) is 13.1. The number of aryl methyl sites for hydroxylation is 1. The smallest absolute Gasteiger partial charge is 0.0290 e. The van der Waals surface area contributed by atoms with Gasteiger partial charge in [0.1, 0.15) is 0 Å². The first-order chi connectivity index (χ1) is 8.78. The number of hydrogen-bond donors (Lipinski definition) is 0. The van der Waals surface area contributed by atoms with E-state index in [-0.39, 0.29) is 0 Å². The van der Waals surface area contributed by atoms with E-state index in [1.807, 2.05) is 13.8 Å². The molecule has 1 saturated heterocycles. The van der Waals surface area contributed by atoms with Gasteiger partial charge in [0.2, 0.25) is 0 Å². The van der Waals surface area contributed by atoms with Crippen molar-refractivity contribution in [3.05, 3.63) is 41.5 Å². The Balaban J connectivity index is 0.000000574. The van der Waals surface area contributed by atoms with Gasteiger partial charge in [0.15, 0.2) is 0 Å². The van der Waals surface area contributed by atoms with E-state index >= 15 is 0 Å². The van der Waals surface area contributed by atoms with Crippen molar-refractivity contribution >= 4 is 5.57 Å². The molecule has 0 amide bonds. The summed E-state index contributed by atoms with van der Waals surface area (Å²) in [6.07, 6.45) is 3.84. The number of likely N-dealkylation sites (N-methyl/N-ethyl adjacent to an activating group) is 1. The van der Waals surface area contributed by atoms with E-state index in [0.717, 1.165) is 5.92 Å². The third kappa shape index (κ3) is 2.37. The van der Waals surface area contributed by atoms with E-state index in [9.17, 15) is 0 Å². The monoisotopic (exact) mass is 243 g/mol. The molecule has 1 fully saturated rings. The van der Waals surface area contributed by atoms with Gasteiger partial charge in [-0.3, -0.25) is 4.90 Å². The van der Waals surface area contributed by atoms with Crippen LogP contribution in [-0.2, 0) is 0 Å². The molecule has 2 bridgehead atoms. The highest BCUT2D eigenvalue weighted by molar-refractivity contribution is 5.72. The molecule has 2 atom stereocenters. The summed E-state index contributed by atoms with van der Waals surface area (Å²) in [6, 6.07) is 9.65.